The average molecular weight is 323 g/mol. The molecule has 0 saturated carbocycles. The number of ether oxygens (including phenoxy) is 1. The Labute approximate surface area is 139 Å². The number of benzene rings is 1. The summed E-state index contributed by atoms with van der Waals surface area (Å²) in [6, 6.07) is 10.9. The van der Waals surface area contributed by atoms with Crippen molar-refractivity contribution in [2.24, 2.45) is 0 Å². The molecule has 0 spiro atoms. The molecule has 3 aromatic rings. The molecule has 7 heteroatoms. The van der Waals surface area contributed by atoms with Gasteiger partial charge in [0.05, 0.1) is 30.9 Å². The van der Waals surface area contributed by atoms with Gasteiger partial charge in [0, 0.05) is 18.9 Å². The van der Waals surface area contributed by atoms with Gasteiger partial charge in [0.2, 0.25) is 0 Å². The number of aromatic nitrogens is 3. The lowest BCUT2D eigenvalue weighted by atomic mass is 10.2. The highest BCUT2D eigenvalue weighted by Crippen LogP contribution is 2.13. The number of hydrogen-bond donors (Lipinski definition) is 2. The molecule has 2 aromatic heterocycles. The Morgan fingerprint density at radius 3 is 2.88 bits per heavy atom. The first kappa shape index (κ1) is 15.5. The third kappa shape index (κ3) is 3.89. The number of methoxy groups -OCH3 is 1. The molecule has 2 amide bonds. The van der Waals surface area contributed by atoms with Gasteiger partial charge in [-0.25, -0.2) is 9.48 Å². The lowest BCUT2D eigenvalue weighted by Crippen LogP contribution is -2.28. The van der Waals surface area contributed by atoms with Crippen molar-refractivity contribution < 1.29 is 9.53 Å². The van der Waals surface area contributed by atoms with E-state index in [2.05, 4.69) is 20.7 Å². The molecule has 0 aliphatic carbocycles. The summed E-state index contributed by atoms with van der Waals surface area (Å²) < 4.78 is 6.82. The maximum Gasteiger partial charge on any atom is 0.319 e. The first-order valence-corrected chi connectivity index (χ1v) is 7.37. The van der Waals surface area contributed by atoms with Gasteiger partial charge in [-0.3, -0.25) is 4.98 Å². The largest absolute Gasteiger partial charge is 0.497 e. The van der Waals surface area contributed by atoms with Crippen molar-refractivity contribution in [3.05, 3.63) is 66.7 Å². The first-order chi connectivity index (χ1) is 11.7. The number of anilines is 1. The topological polar surface area (TPSA) is 81.1 Å². The van der Waals surface area contributed by atoms with Crippen LogP contribution in [0.4, 0.5) is 10.5 Å². The van der Waals surface area contributed by atoms with Crippen LogP contribution in [0, 0.1) is 0 Å². The highest BCUT2D eigenvalue weighted by atomic mass is 16.5. The second-order valence-corrected chi connectivity index (χ2v) is 5.04. The number of urea groups is 1. The summed E-state index contributed by atoms with van der Waals surface area (Å²) in [6.45, 7) is 0.404. The summed E-state index contributed by atoms with van der Waals surface area (Å²) in [4.78, 5) is 15.9. The summed E-state index contributed by atoms with van der Waals surface area (Å²) in [5.74, 6) is 0.758. The van der Waals surface area contributed by atoms with Crippen molar-refractivity contribution >= 4 is 11.7 Å². The quantitative estimate of drug-likeness (QED) is 0.756. The maximum atomic E-state index is 12.0. The minimum absolute atomic E-state index is 0.299. The van der Waals surface area contributed by atoms with Crippen molar-refractivity contribution in [2.75, 3.05) is 12.4 Å². The van der Waals surface area contributed by atoms with E-state index in [0.29, 0.717) is 12.2 Å². The fourth-order valence-corrected chi connectivity index (χ4v) is 2.17. The fraction of sp³-hybridized carbons (Fsp3) is 0.118. The Balaban J connectivity index is 1.56. The van der Waals surface area contributed by atoms with Gasteiger partial charge in [-0.2, -0.15) is 5.10 Å². The molecule has 2 heterocycles. The summed E-state index contributed by atoms with van der Waals surface area (Å²) in [5.41, 5.74) is 2.43. The van der Waals surface area contributed by atoms with E-state index in [-0.39, 0.29) is 6.03 Å². The third-order valence-corrected chi connectivity index (χ3v) is 3.35. The Kier molecular flexibility index (Phi) is 4.71. The van der Waals surface area contributed by atoms with E-state index in [0.717, 1.165) is 17.0 Å². The van der Waals surface area contributed by atoms with Crippen molar-refractivity contribution in [2.45, 2.75) is 6.54 Å². The molecule has 24 heavy (non-hydrogen) atoms. The van der Waals surface area contributed by atoms with E-state index in [1.54, 1.807) is 36.6 Å². The van der Waals surface area contributed by atoms with E-state index in [4.69, 9.17) is 4.74 Å². The van der Waals surface area contributed by atoms with E-state index in [1.165, 1.54) is 0 Å². The lowest BCUT2D eigenvalue weighted by molar-refractivity contribution is 0.251. The molecule has 122 valence electrons. The summed E-state index contributed by atoms with van der Waals surface area (Å²) >= 11 is 0. The van der Waals surface area contributed by atoms with Crippen LogP contribution in [0.15, 0.2) is 61.2 Å². The van der Waals surface area contributed by atoms with Crippen LogP contribution in [0.5, 0.6) is 5.75 Å². The number of pyridine rings is 1. The number of carbonyl (C=O) groups excluding carboxylic acids is 1. The number of nitrogens with zero attached hydrogens (tertiary/aromatic N) is 3. The van der Waals surface area contributed by atoms with E-state index >= 15 is 0 Å². The van der Waals surface area contributed by atoms with Crippen molar-refractivity contribution in [3.8, 4) is 11.4 Å². The highest BCUT2D eigenvalue weighted by Gasteiger charge is 2.05. The summed E-state index contributed by atoms with van der Waals surface area (Å²) in [6.07, 6.45) is 6.70. The second-order valence-electron chi connectivity index (χ2n) is 5.04. The van der Waals surface area contributed by atoms with Gasteiger partial charge < -0.3 is 15.4 Å². The zero-order valence-corrected chi connectivity index (χ0v) is 13.1. The molecule has 3 rings (SSSR count). The Morgan fingerprint density at radius 1 is 1.25 bits per heavy atom. The molecule has 7 nitrogen and oxygen atoms in total. The van der Waals surface area contributed by atoms with Gasteiger partial charge in [-0.15, -0.1) is 0 Å². The molecule has 0 aliphatic rings. The second kappa shape index (κ2) is 7.28. The van der Waals surface area contributed by atoms with Crippen LogP contribution in [0.1, 0.15) is 5.56 Å². The number of hydrogen-bond acceptors (Lipinski definition) is 4. The molecule has 0 fully saturated rings. The average Bonchev–Trinajstić information content (AvgIpc) is 3.09. The molecular formula is C17H17N5O2. The summed E-state index contributed by atoms with van der Waals surface area (Å²) in [5, 5.41) is 9.76. The van der Waals surface area contributed by atoms with Crippen LogP contribution < -0.4 is 15.4 Å². The zero-order valence-electron chi connectivity index (χ0n) is 13.1. The standard InChI is InChI=1S/C17H17N5O2/c1-24-16-4-2-3-13(9-16)10-19-17(23)21-14-11-20-22(12-14)15-5-7-18-8-6-15/h2-9,11-12H,10H2,1H3,(H2,19,21,23). The normalized spacial score (nSPS) is 10.2. The van der Waals surface area contributed by atoms with E-state index < -0.39 is 0 Å². The lowest BCUT2D eigenvalue weighted by Gasteiger charge is -2.07. The van der Waals surface area contributed by atoms with Crippen molar-refractivity contribution in [1.82, 2.24) is 20.1 Å². The molecule has 0 aliphatic heterocycles. The van der Waals surface area contributed by atoms with Crippen LogP contribution in [0.3, 0.4) is 0 Å². The highest BCUT2D eigenvalue weighted by molar-refractivity contribution is 5.88. The molecule has 0 radical (unpaired) electrons. The van der Waals surface area contributed by atoms with Crippen LogP contribution in [0.2, 0.25) is 0 Å². The van der Waals surface area contributed by atoms with Gasteiger partial charge in [0.25, 0.3) is 0 Å². The van der Waals surface area contributed by atoms with Gasteiger partial charge in [0.15, 0.2) is 0 Å². The van der Waals surface area contributed by atoms with Gasteiger partial charge in [-0.1, -0.05) is 12.1 Å². The Bertz CT molecular complexity index is 817. The monoisotopic (exact) mass is 323 g/mol. The number of amides is 2. The van der Waals surface area contributed by atoms with Gasteiger partial charge in [0.1, 0.15) is 5.75 Å². The Morgan fingerprint density at radius 2 is 2.08 bits per heavy atom. The van der Waals surface area contributed by atoms with Gasteiger partial charge >= 0.3 is 6.03 Å². The fourth-order valence-electron chi connectivity index (χ4n) is 2.17. The van der Waals surface area contributed by atoms with Crippen LogP contribution in [-0.2, 0) is 6.54 Å². The molecular weight excluding hydrogens is 306 g/mol. The Hall–Kier alpha value is -3.35. The zero-order chi connectivity index (χ0) is 16.8. The van der Waals surface area contributed by atoms with Crippen LogP contribution in [0.25, 0.3) is 5.69 Å². The molecule has 1 aromatic carbocycles. The molecule has 2 N–H and O–H groups in total. The molecule has 0 atom stereocenters. The number of nitrogens with one attached hydrogen (secondary N) is 2. The van der Waals surface area contributed by atoms with Crippen molar-refractivity contribution in [1.29, 1.82) is 0 Å². The van der Waals surface area contributed by atoms with Crippen LogP contribution in [-0.4, -0.2) is 27.9 Å². The third-order valence-electron chi connectivity index (χ3n) is 3.35. The number of carbonyl (C=O) groups is 1. The van der Waals surface area contributed by atoms with E-state index in [1.807, 2.05) is 36.4 Å². The van der Waals surface area contributed by atoms with E-state index in [9.17, 15) is 4.79 Å². The minimum atomic E-state index is -0.299. The molecule has 0 saturated heterocycles. The van der Waals surface area contributed by atoms with Gasteiger partial charge in [-0.05, 0) is 29.8 Å². The SMILES string of the molecule is COc1cccc(CNC(=O)Nc2cnn(-c3ccncc3)c2)c1. The maximum absolute atomic E-state index is 12.0. The first-order valence-electron chi connectivity index (χ1n) is 7.37. The predicted molar refractivity (Wildman–Crippen MR) is 90.2 cm³/mol. The van der Waals surface area contributed by atoms with Crippen LogP contribution >= 0.6 is 0 Å². The minimum Gasteiger partial charge on any atom is -0.497 e. The summed E-state index contributed by atoms with van der Waals surface area (Å²) in [7, 11) is 1.61. The van der Waals surface area contributed by atoms with Crippen molar-refractivity contribution in [3.63, 3.8) is 0 Å². The molecule has 0 bridgehead atoms. The smallest absolute Gasteiger partial charge is 0.319 e. The molecule has 0 unspecified atom stereocenters. The predicted octanol–water partition coefficient (Wildman–Crippen LogP) is 2.60. The number of rotatable bonds is 5.